The van der Waals surface area contributed by atoms with Gasteiger partial charge in [-0.05, 0) is 25.8 Å². The molecule has 5 heteroatoms. The molecular formula is C14H14ClN3O. The first-order valence-corrected chi connectivity index (χ1v) is 6.61. The highest BCUT2D eigenvalue weighted by Crippen LogP contribution is 2.40. The Balaban J connectivity index is 2.11. The molecule has 19 heavy (non-hydrogen) atoms. The normalized spacial score (nSPS) is 14.5. The van der Waals surface area contributed by atoms with Crippen LogP contribution in [-0.2, 0) is 0 Å². The average molecular weight is 276 g/mol. The Morgan fingerprint density at radius 3 is 2.79 bits per heavy atom. The first kappa shape index (κ1) is 12.4. The van der Waals surface area contributed by atoms with Crippen LogP contribution in [0, 0.1) is 6.92 Å². The van der Waals surface area contributed by atoms with Gasteiger partial charge in [-0.1, -0.05) is 11.6 Å². The number of methoxy groups -OCH3 is 1. The second-order valence-corrected chi connectivity index (χ2v) is 5.07. The smallest absolute Gasteiger partial charge is 0.213 e. The predicted molar refractivity (Wildman–Crippen MR) is 73.5 cm³/mol. The SMILES string of the molecule is COc1cc(-c2nc(C3CC3)nc(Cl)c2C)ccn1. The summed E-state index contributed by atoms with van der Waals surface area (Å²) in [5.74, 6) is 1.89. The monoisotopic (exact) mass is 275 g/mol. The molecule has 0 atom stereocenters. The largest absolute Gasteiger partial charge is 0.481 e. The number of nitrogens with zero attached hydrogens (tertiary/aromatic N) is 3. The van der Waals surface area contributed by atoms with E-state index in [2.05, 4.69) is 15.0 Å². The first-order valence-electron chi connectivity index (χ1n) is 6.23. The highest BCUT2D eigenvalue weighted by Gasteiger charge is 2.28. The number of ether oxygens (including phenoxy) is 1. The van der Waals surface area contributed by atoms with Crippen LogP contribution in [0.25, 0.3) is 11.3 Å². The summed E-state index contributed by atoms with van der Waals surface area (Å²) in [7, 11) is 1.60. The van der Waals surface area contributed by atoms with Gasteiger partial charge >= 0.3 is 0 Å². The van der Waals surface area contributed by atoms with Crippen molar-refractivity contribution in [2.75, 3.05) is 7.11 Å². The van der Waals surface area contributed by atoms with Crippen molar-refractivity contribution >= 4 is 11.6 Å². The summed E-state index contributed by atoms with van der Waals surface area (Å²) < 4.78 is 5.15. The fourth-order valence-electron chi connectivity index (χ4n) is 1.98. The van der Waals surface area contributed by atoms with E-state index in [0.717, 1.165) is 35.5 Å². The van der Waals surface area contributed by atoms with Crippen LogP contribution < -0.4 is 4.74 Å². The summed E-state index contributed by atoms with van der Waals surface area (Å²) in [6, 6.07) is 3.77. The summed E-state index contributed by atoms with van der Waals surface area (Å²) in [4.78, 5) is 13.1. The molecule has 2 aromatic rings. The molecule has 0 radical (unpaired) electrons. The van der Waals surface area contributed by atoms with Gasteiger partial charge in [-0.2, -0.15) is 0 Å². The number of hydrogen-bond donors (Lipinski definition) is 0. The number of hydrogen-bond acceptors (Lipinski definition) is 4. The van der Waals surface area contributed by atoms with Crippen molar-refractivity contribution in [3.63, 3.8) is 0 Å². The highest BCUT2D eigenvalue weighted by atomic mass is 35.5. The number of rotatable bonds is 3. The number of halogens is 1. The van der Waals surface area contributed by atoms with Gasteiger partial charge in [0, 0.05) is 29.3 Å². The van der Waals surface area contributed by atoms with E-state index < -0.39 is 0 Å². The number of aromatic nitrogens is 3. The third kappa shape index (κ3) is 2.40. The molecule has 2 heterocycles. The van der Waals surface area contributed by atoms with Crippen molar-refractivity contribution in [3.8, 4) is 17.1 Å². The maximum absolute atomic E-state index is 6.22. The molecule has 0 saturated heterocycles. The highest BCUT2D eigenvalue weighted by molar-refractivity contribution is 6.30. The first-order chi connectivity index (χ1) is 9.19. The second-order valence-electron chi connectivity index (χ2n) is 4.71. The lowest BCUT2D eigenvalue weighted by Crippen LogP contribution is -2.00. The summed E-state index contributed by atoms with van der Waals surface area (Å²) in [5, 5.41) is 0.530. The summed E-state index contributed by atoms with van der Waals surface area (Å²) >= 11 is 6.22. The Labute approximate surface area is 116 Å². The molecule has 2 aromatic heterocycles. The van der Waals surface area contributed by atoms with E-state index >= 15 is 0 Å². The van der Waals surface area contributed by atoms with E-state index in [1.54, 1.807) is 13.3 Å². The molecule has 0 amide bonds. The molecule has 0 spiro atoms. The molecule has 0 bridgehead atoms. The molecule has 1 fully saturated rings. The third-order valence-electron chi connectivity index (χ3n) is 3.26. The Morgan fingerprint density at radius 2 is 2.11 bits per heavy atom. The lowest BCUT2D eigenvalue weighted by atomic mass is 10.1. The van der Waals surface area contributed by atoms with Crippen molar-refractivity contribution in [1.82, 2.24) is 15.0 Å². The van der Waals surface area contributed by atoms with Gasteiger partial charge in [-0.3, -0.25) is 0 Å². The zero-order chi connectivity index (χ0) is 13.4. The van der Waals surface area contributed by atoms with Crippen molar-refractivity contribution < 1.29 is 4.74 Å². The minimum atomic E-state index is 0.473. The van der Waals surface area contributed by atoms with Crippen LogP contribution in [-0.4, -0.2) is 22.1 Å². The van der Waals surface area contributed by atoms with Crippen molar-refractivity contribution in [1.29, 1.82) is 0 Å². The standard InChI is InChI=1S/C14H14ClN3O/c1-8-12(10-5-6-16-11(7-10)19-2)17-14(9-3-4-9)18-13(8)15/h5-7,9H,3-4H2,1-2H3. The molecule has 0 aliphatic heterocycles. The quantitative estimate of drug-likeness (QED) is 0.806. The fraction of sp³-hybridized carbons (Fsp3) is 0.357. The molecule has 0 N–H and O–H groups in total. The van der Waals surface area contributed by atoms with E-state index in [4.69, 9.17) is 16.3 Å². The van der Waals surface area contributed by atoms with Crippen LogP contribution in [0.4, 0.5) is 0 Å². The van der Waals surface area contributed by atoms with E-state index in [0.29, 0.717) is 17.0 Å². The van der Waals surface area contributed by atoms with Crippen LogP contribution in [0.1, 0.15) is 30.1 Å². The topological polar surface area (TPSA) is 47.9 Å². The van der Waals surface area contributed by atoms with E-state index in [-0.39, 0.29) is 0 Å². The van der Waals surface area contributed by atoms with Crippen LogP contribution in [0.3, 0.4) is 0 Å². The van der Waals surface area contributed by atoms with Crippen LogP contribution in [0.5, 0.6) is 5.88 Å². The van der Waals surface area contributed by atoms with Gasteiger partial charge in [-0.15, -0.1) is 0 Å². The zero-order valence-electron chi connectivity index (χ0n) is 10.9. The molecule has 4 nitrogen and oxygen atoms in total. The minimum absolute atomic E-state index is 0.473. The summed E-state index contributed by atoms with van der Waals surface area (Å²) in [6.07, 6.45) is 4.01. The van der Waals surface area contributed by atoms with E-state index in [1.807, 2.05) is 19.1 Å². The van der Waals surface area contributed by atoms with Crippen LogP contribution in [0.15, 0.2) is 18.3 Å². The lowest BCUT2D eigenvalue weighted by molar-refractivity contribution is 0.398. The van der Waals surface area contributed by atoms with Gasteiger partial charge in [0.2, 0.25) is 5.88 Å². The Kier molecular flexibility index (Phi) is 3.11. The molecule has 0 unspecified atom stereocenters. The predicted octanol–water partition coefficient (Wildman–Crippen LogP) is 3.39. The molecule has 1 aliphatic carbocycles. The van der Waals surface area contributed by atoms with Crippen molar-refractivity contribution in [3.05, 3.63) is 34.9 Å². The molecule has 1 aliphatic rings. The van der Waals surface area contributed by atoms with Crippen LogP contribution >= 0.6 is 11.6 Å². The van der Waals surface area contributed by atoms with E-state index in [1.165, 1.54) is 0 Å². The van der Waals surface area contributed by atoms with E-state index in [9.17, 15) is 0 Å². The third-order valence-corrected chi connectivity index (χ3v) is 3.63. The molecule has 3 rings (SSSR count). The Hall–Kier alpha value is -1.68. The molecule has 98 valence electrons. The zero-order valence-corrected chi connectivity index (χ0v) is 11.6. The van der Waals surface area contributed by atoms with Crippen molar-refractivity contribution in [2.45, 2.75) is 25.7 Å². The fourth-order valence-corrected chi connectivity index (χ4v) is 2.16. The van der Waals surface area contributed by atoms with Gasteiger partial charge in [0.15, 0.2) is 0 Å². The summed E-state index contributed by atoms with van der Waals surface area (Å²) in [6.45, 7) is 1.93. The van der Waals surface area contributed by atoms with Gasteiger partial charge in [0.1, 0.15) is 11.0 Å². The number of pyridine rings is 1. The summed E-state index contributed by atoms with van der Waals surface area (Å²) in [5.41, 5.74) is 2.71. The maximum Gasteiger partial charge on any atom is 0.213 e. The van der Waals surface area contributed by atoms with Gasteiger partial charge in [0.25, 0.3) is 0 Å². The Bertz CT molecular complexity index is 626. The Morgan fingerprint density at radius 1 is 1.32 bits per heavy atom. The average Bonchev–Trinajstić information content (AvgIpc) is 3.26. The van der Waals surface area contributed by atoms with Crippen molar-refractivity contribution in [2.24, 2.45) is 0 Å². The van der Waals surface area contributed by atoms with Gasteiger partial charge in [-0.25, -0.2) is 15.0 Å². The maximum atomic E-state index is 6.22. The van der Waals surface area contributed by atoms with Gasteiger partial charge < -0.3 is 4.74 Å². The molecular weight excluding hydrogens is 262 g/mol. The van der Waals surface area contributed by atoms with Crippen LogP contribution in [0.2, 0.25) is 5.15 Å². The molecule has 1 saturated carbocycles. The van der Waals surface area contributed by atoms with Gasteiger partial charge in [0.05, 0.1) is 12.8 Å². The lowest BCUT2D eigenvalue weighted by Gasteiger charge is -2.09. The molecule has 0 aromatic carbocycles. The second kappa shape index (κ2) is 4.78. The minimum Gasteiger partial charge on any atom is -0.481 e.